The van der Waals surface area contributed by atoms with Gasteiger partial charge in [0.05, 0.1) is 5.88 Å². The third-order valence-electron chi connectivity index (χ3n) is 2.63. The molecule has 0 aliphatic carbocycles. The number of nitrogens with zero attached hydrogens (tertiary/aromatic N) is 6. The number of amides is 2. The summed E-state index contributed by atoms with van der Waals surface area (Å²) in [5.74, 6) is 0.362. The molecule has 2 rings (SSSR count). The molecule has 0 bridgehead atoms. The Morgan fingerprint density at radius 3 is 2.74 bits per heavy atom. The minimum absolute atomic E-state index is 0.0181. The fourth-order valence-electron chi connectivity index (χ4n) is 1.62. The molecule has 11 heteroatoms. The van der Waals surface area contributed by atoms with Crippen LogP contribution >= 0.6 is 11.8 Å². The number of fused-ring (bicyclic) bond motifs is 1. The Hall–Kier alpha value is -1.20. The number of hydrogen-bond donors (Lipinski definition) is 0. The second-order valence-corrected chi connectivity index (χ2v) is 7.01. The van der Waals surface area contributed by atoms with E-state index < -0.39 is 16.2 Å². The molecular weight excluding hydrogens is 292 g/mol. The minimum Gasteiger partial charge on any atom is -0.273 e. The van der Waals surface area contributed by atoms with Gasteiger partial charge in [0.2, 0.25) is 6.17 Å². The number of urea groups is 1. The molecule has 0 saturated heterocycles. The molecule has 0 aromatic carbocycles. The molecule has 1 atom stereocenters. The lowest BCUT2D eigenvalue weighted by Gasteiger charge is -2.29. The molecule has 0 spiro atoms. The highest BCUT2D eigenvalue weighted by atomic mass is 32.2. The largest absolute Gasteiger partial charge is 0.346 e. The number of rotatable bonds is 3. The van der Waals surface area contributed by atoms with Crippen LogP contribution in [0.1, 0.15) is 0 Å². The summed E-state index contributed by atoms with van der Waals surface area (Å²) in [6.07, 6.45) is 0.884. The zero-order chi connectivity index (χ0) is 14.2. The molecule has 2 heterocycles. The first-order valence-corrected chi connectivity index (χ1v) is 8.17. The van der Waals surface area contributed by atoms with Crippen LogP contribution in [0.25, 0.3) is 0 Å². The Labute approximate surface area is 115 Å². The fourth-order valence-corrected chi connectivity index (χ4v) is 3.06. The summed E-state index contributed by atoms with van der Waals surface area (Å²) in [7, 11) is -0.878. The molecule has 0 saturated carbocycles. The quantitative estimate of drug-likeness (QED) is 0.732. The van der Waals surface area contributed by atoms with E-state index in [9.17, 15) is 13.2 Å². The molecular formula is C8H14N6O3S2. The van der Waals surface area contributed by atoms with Gasteiger partial charge in [-0.05, 0) is 6.26 Å². The van der Waals surface area contributed by atoms with E-state index in [4.69, 9.17) is 0 Å². The van der Waals surface area contributed by atoms with Crippen molar-refractivity contribution in [1.29, 1.82) is 0 Å². The van der Waals surface area contributed by atoms with Crippen LogP contribution in [0.2, 0.25) is 0 Å². The number of hydrogen-bond acceptors (Lipinski definition) is 7. The Bertz CT molecular complexity index is 543. The van der Waals surface area contributed by atoms with E-state index in [0.717, 1.165) is 4.31 Å². The van der Waals surface area contributed by atoms with Gasteiger partial charge in [0.15, 0.2) is 5.04 Å². The number of thioether (sulfide) groups is 1. The highest BCUT2D eigenvalue weighted by molar-refractivity contribution is 8.04. The van der Waals surface area contributed by atoms with Gasteiger partial charge in [-0.25, -0.2) is 17.5 Å². The maximum Gasteiger partial charge on any atom is 0.346 e. The Kier molecular flexibility index (Phi) is 3.78. The SMILES string of the molecule is CSCN1N=NC2C(S(=O)(=O)N(C)C)=NCN2C1=O. The molecule has 2 aliphatic rings. The van der Waals surface area contributed by atoms with Crippen molar-refractivity contribution in [3.63, 3.8) is 0 Å². The number of carbonyl (C=O) groups excluding carboxylic acids is 1. The van der Waals surface area contributed by atoms with Crippen LogP contribution < -0.4 is 0 Å². The smallest absolute Gasteiger partial charge is 0.273 e. The zero-order valence-corrected chi connectivity index (χ0v) is 12.3. The molecule has 2 aliphatic heterocycles. The van der Waals surface area contributed by atoms with Crippen molar-refractivity contribution >= 4 is 32.9 Å². The van der Waals surface area contributed by atoms with Gasteiger partial charge in [-0.2, -0.15) is 5.01 Å². The molecule has 1 unspecified atom stereocenters. The van der Waals surface area contributed by atoms with E-state index >= 15 is 0 Å². The van der Waals surface area contributed by atoms with Crippen LogP contribution in [0.4, 0.5) is 4.79 Å². The molecule has 9 nitrogen and oxygen atoms in total. The van der Waals surface area contributed by atoms with Crippen LogP contribution in [-0.2, 0) is 10.0 Å². The highest BCUT2D eigenvalue weighted by Gasteiger charge is 2.44. The Morgan fingerprint density at radius 2 is 2.16 bits per heavy atom. The zero-order valence-electron chi connectivity index (χ0n) is 10.7. The average molecular weight is 306 g/mol. The van der Waals surface area contributed by atoms with Crippen LogP contribution in [0.3, 0.4) is 0 Å². The van der Waals surface area contributed by atoms with Crippen molar-refractivity contribution in [1.82, 2.24) is 14.2 Å². The molecule has 19 heavy (non-hydrogen) atoms. The summed E-state index contributed by atoms with van der Waals surface area (Å²) in [6, 6.07) is -0.387. The lowest BCUT2D eigenvalue weighted by molar-refractivity contribution is 0.138. The summed E-state index contributed by atoms with van der Waals surface area (Å²) >= 11 is 1.42. The van der Waals surface area contributed by atoms with E-state index in [0.29, 0.717) is 5.88 Å². The first-order chi connectivity index (χ1) is 8.89. The fraction of sp³-hybridized carbons (Fsp3) is 0.750. The Balaban J connectivity index is 2.28. The molecule has 0 aromatic rings. The third-order valence-corrected chi connectivity index (χ3v) is 4.96. The first kappa shape index (κ1) is 14.2. The van der Waals surface area contributed by atoms with Crippen LogP contribution in [0.5, 0.6) is 0 Å². The van der Waals surface area contributed by atoms with Gasteiger partial charge in [-0.3, -0.25) is 9.89 Å². The normalized spacial score (nSPS) is 23.1. The van der Waals surface area contributed by atoms with Crippen molar-refractivity contribution in [2.45, 2.75) is 6.17 Å². The molecule has 106 valence electrons. The molecule has 0 N–H and O–H groups in total. The van der Waals surface area contributed by atoms with Gasteiger partial charge in [0, 0.05) is 14.1 Å². The molecule has 2 amide bonds. The van der Waals surface area contributed by atoms with Crippen molar-refractivity contribution in [3.8, 4) is 0 Å². The Morgan fingerprint density at radius 1 is 1.47 bits per heavy atom. The predicted octanol–water partition coefficient (Wildman–Crippen LogP) is -0.00120. The van der Waals surface area contributed by atoms with Crippen LogP contribution in [-0.4, -0.2) is 72.8 Å². The number of aliphatic imine (C=N–C) groups is 1. The standard InChI is InChI=1S/C8H14N6O3S2/c1-12(2)19(16,17)7-6-10-11-14(5-18-3)8(15)13(6)4-9-7/h6H,4-5H2,1-3H3. The monoisotopic (exact) mass is 306 g/mol. The summed E-state index contributed by atoms with van der Waals surface area (Å²) in [4.78, 5) is 17.2. The second-order valence-electron chi connectivity index (χ2n) is 4.07. The predicted molar refractivity (Wildman–Crippen MR) is 71.0 cm³/mol. The van der Waals surface area contributed by atoms with Gasteiger partial charge < -0.3 is 0 Å². The third kappa shape index (κ3) is 2.32. The van der Waals surface area contributed by atoms with E-state index in [-0.39, 0.29) is 17.7 Å². The number of carbonyl (C=O) groups is 1. The van der Waals surface area contributed by atoms with Gasteiger partial charge in [-0.15, -0.1) is 16.9 Å². The summed E-state index contributed by atoms with van der Waals surface area (Å²) in [6.45, 7) is -0.0181. The number of sulfonamides is 1. The maximum absolute atomic E-state index is 12.0. The first-order valence-electron chi connectivity index (χ1n) is 5.34. The van der Waals surface area contributed by atoms with Gasteiger partial charge in [0.25, 0.3) is 10.0 Å². The topological polar surface area (TPSA) is 98.0 Å². The van der Waals surface area contributed by atoms with E-state index in [1.807, 2.05) is 6.26 Å². The second kappa shape index (κ2) is 5.06. The van der Waals surface area contributed by atoms with E-state index in [2.05, 4.69) is 15.3 Å². The van der Waals surface area contributed by atoms with Crippen LogP contribution in [0, 0.1) is 0 Å². The maximum atomic E-state index is 12.0. The van der Waals surface area contributed by atoms with E-state index in [1.54, 1.807) is 0 Å². The van der Waals surface area contributed by atoms with Crippen molar-refractivity contribution in [2.75, 3.05) is 32.9 Å². The van der Waals surface area contributed by atoms with Crippen molar-refractivity contribution < 1.29 is 13.2 Å². The summed E-state index contributed by atoms with van der Waals surface area (Å²) < 4.78 is 25.1. The summed E-state index contributed by atoms with van der Waals surface area (Å²) in [5, 5.41) is 8.67. The van der Waals surface area contributed by atoms with Crippen molar-refractivity contribution in [2.24, 2.45) is 15.3 Å². The lowest BCUT2D eigenvalue weighted by atomic mass is 10.5. The van der Waals surface area contributed by atoms with Gasteiger partial charge >= 0.3 is 6.03 Å². The average Bonchev–Trinajstić information content (AvgIpc) is 2.78. The lowest BCUT2D eigenvalue weighted by Crippen LogP contribution is -2.50. The molecule has 0 aromatic heterocycles. The van der Waals surface area contributed by atoms with Crippen molar-refractivity contribution in [3.05, 3.63) is 0 Å². The van der Waals surface area contributed by atoms with Gasteiger partial charge in [0.1, 0.15) is 6.67 Å². The molecule has 0 fully saturated rings. The summed E-state index contributed by atoms with van der Waals surface area (Å²) in [5.41, 5.74) is 0. The minimum atomic E-state index is -3.69. The van der Waals surface area contributed by atoms with Gasteiger partial charge in [-0.1, -0.05) is 5.22 Å². The van der Waals surface area contributed by atoms with E-state index in [1.165, 1.54) is 35.8 Å². The van der Waals surface area contributed by atoms with Crippen LogP contribution in [0.15, 0.2) is 15.3 Å². The highest BCUT2D eigenvalue weighted by Crippen LogP contribution is 2.24. The molecule has 0 radical (unpaired) electrons.